The van der Waals surface area contributed by atoms with Gasteiger partial charge >= 0.3 is 0 Å². The predicted octanol–water partition coefficient (Wildman–Crippen LogP) is 3.00. The van der Waals surface area contributed by atoms with Crippen LogP contribution in [0.4, 0.5) is 0 Å². The summed E-state index contributed by atoms with van der Waals surface area (Å²) in [5, 5.41) is 3.46. The van der Waals surface area contributed by atoms with E-state index >= 15 is 0 Å². The number of amides is 1. The minimum Gasteiger partial charge on any atom is -0.497 e. The Morgan fingerprint density at radius 1 is 1.12 bits per heavy atom. The van der Waals surface area contributed by atoms with Gasteiger partial charge in [0.1, 0.15) is 11.4 Å². The fourth-order valence-electron chi connectivity index (χ4n) is 2.52. The maximum absolute atomic E-state index is 12.5. The number of benzene rings is 2. The maximum atomic E-state index is 12.5. The lowest BCUT2D eigenvalue weighted by atomic mass is 10.1. The van der Waals surface area contributed by atoms with E-state index < -0.39 is 0 Å². The van der Waals surface area contributed by atoms with Crippen LogP contribution >= 0.6 is 12.2 Å². The summed E-state index contributed by atoms with van der Waals surface area (Å²) in [5.74, 6) is 0.735. The Kier molecular flexibility index (Phi) is 4.91. The molecule has 1 N–H and O–H groups in total. The van der Waals surface area contributed by atoms with Gasteiger partial charge in [0.25, 0.3) is 5.91 Å². The zero-order chi connectivity index (χ0) is 16.9. The summed E-state index contributed by atoms with van der Waals surface area (Å²) in [5.41, 5.74) is 2.61. The van der Waals surface area contributed by atoms with E-state index in [0.717, 1.165) is 23.3 Å². The number of carbonyl (C=O) groups is 1. The van der Waals surface area contributed by atoms with Gasteiger partial charge in [-0.1, -0.05) is 42.5 Å². The number of hydrogen-bond donors (Lipinski definition) is 1. The van der Waals surface area contributed by atoms with Crippen LogP contribution in [0.15, 0.2) is 60.3 Å². The van der Waals surface area contributed by atoms with Crippen LogP contribution in [0.5, 0.6) is 5.75 Å². The van der Waals surface area contributed by atoms with Crippen molar-refractivity contribution in [3.8, 4) is 5.75 Å². The number of nitrogens with one attached hydrogen (secondary N) is 1. The second-order valence-corrected chi connectivity index (χ2v) is 5.84. The zero-order valence-corrected chi connectivity index (χ0v) is 14.2. The lowest BCUT2D eigenvalue weighted by molar-refractivity contribution is -0.122. The largest absolute Gasteiger partial charge is 0.497 e. The molecule has 0 spiro atoms. The highest BCUT2D eigenvalue weighted by Crippen LogP contribution is 2.16. The molecular formula is C19H18N2O2S. The summed E-state index contributed by atoms with van der Waals surface area (Å²) in [6.45, 7) is 0.545. The number of nitrogens with zero attached hydrogens (tertiary/aromatic N) is 1. The van der Waals surface area contributed by atoms with Crippen molar-refractivity contribution in [2.24, 2.45) is 0 Å². The Morgan fingerprint density at radius 2 is 1.83 bits per heavy atom. The van der Waals surface area contributed by atoms with Gasteiger partial charge in [0.15, 0.2) is 5.11 Å². The van der Waals surface area contributed by atoms with Crippen molar-refractivity contribution >= 4 is 29.3 Å². The van der Waals surface area contributed by atoms with Crippen molar-refractivity contribution in [2.45, 2.75) is 6.42 Å². The Labute approximate surface area is 146 Å². The number of methoxy groups -OCH3 is 1. The first-order valence-corrected chi connectivity index (χ1v) is 8.11. The number of carbonyl (C=O) groups excluding carboxylic acids is 1. The van der Waals surface area contributed by atoms with Gasteiger partial charge in [-0.15, -0.1) is 0 Å². The van der Waals surface area contributed by atoms with Gasteiger partial charge in [0.05, 0.1) is 7.11 Å². The summed E-state index contributed by atoms with van der Waals surface area (Å²) >= 11 is 5.30. The average Bonchev–Trinajstić information content (AvgIpc) is 2.88. The van der Waals surface area contributed by atoms with Gasteiger partial charge in [0, 0.05) is 6.54 Å². The molecule has 0 atom stereocenters. The minimum atomic E-state index is -0.0858. The average molecular weight is 338 g/mol. The van der Waals surface area contributed by atoms with Crippen LogP contribution in [0, 0.1) is 0 Å². The molecule has 1 aliphatic heterocycles. The van der Waals surface area contributed by atoms with E-state index in [1.165, 1.54) is 0 Å². The van der Waals surface area contributed by atoms with E-state index in [-0.39, 0.29) is 5.91 Å². The molecule has 24 heavy (non-hydrogen) atoms. The first kappa shape index (κ1) is 16.2. The Morgan fingerprint density at radius 3 is 2.50 bits per heavy atom. The van der Waals surface area contributed by atoms with Gasteiger partial charge in [-0.2, -0.15) is 0 Å². The molecule has 1 amide bonds. The topological polar surface area (TPSA) is 41.6 Å². The highest BCUT2D eigenvalue weighted by molar-refractivity contribution is 7.80. The molecule has 0 aliphatic carbocycles. The van der Waals surface area contributed by atoms with E-state index in [1.54, 1.807) is 12.0 Å². The van der Waals surface area contributed by atoms with Crippen LogP contribution in [0.3, 0.4) is 0 Å². The lowest BCUT2D eigenvalue weighted by Crippen LogP contribution is -2.32. The fraction of sp³-hybridized carbons (Fsp3) is 0.158. The normalized spacial score (nSPS) is 15.7. The van der Waals surface area contributed by atoms with E-state index in [1.807, 2.05) is 60.7 Å². The molecule has 1 fully saturated rings. The zero-order valence-electron chi connectivity index (χ0n) is 13.4. The molecule has 3 rings (SSSR count). The molecule has 0 saturated carbocycles. The molecular weight excluding hydrogens is 320 g/mol. The summed E-state index contributed by atoms with van der Waals surface area (Å²) in [7, 11) is 1.64. The van der Waals surface area contributed by atoms with Crippen LogP contribution in [-0.4, -0.2) is 29.6 Å². The number of thiocarbonyl (C=S) groups is 1. The third-order valence-corrected chi connectivity index (χ3v) is 4.18. The van der Waals surface area contributed by atoms with Crippen LogP contribution in [-0.2, 0) is 11.2 Å². The summed E-state index contributed by atoms with van der Waals surface area (Å²) in [4.78, 5) is 14.1. The van der Waals surface area contributed by atoms with Crippen molar-refractivity contribution in [3.05, 3.63) is 71.4 Å². The van der Waals surface area contributed by atoms with Crippen molar-refractivity contribution in [3.63, 3.8) is 0 Å². The standard InChI is InChI=1S/C19H18N2O2S/c1-23-16-9-7-14(8-10-16)11-12-21-18(22)17(20-19(21)24)13-15-5-3-2-4-6-15/h2-10,13H,11-12H2,1H3,(H,20,24). The third kappa shape index (κ3) is 3.63. The highest BCUT2D eigenvalue weighted by Gasteiger charge is 2.30. The Bertz CT molecular complexity index is 770. The van der Waals surface area contributed by atoms with Gasteiger partial charge in [0.2, 0.25) is 0 Å². The van der Waals surface area contributed by atoms with Gasteiger partial charge < -0.3 is 10.1 Å². The molecule has 0 bridgehead atoms. The summed E-state index contributed by atoms with van der Waals surface area (Å²) in [6.07, 6.45) is 2.55. The minimum absolute atomic E-state index is 0.0858. The lowest BCUT2D eigenvalue weighted by Gasteiger charge is -2.14. The Balaban J connectivity index is 1.67. The predicted molar refractivity (Wildman–Crippen MR) is 98.6 cm³/mol. The maximum Gasteiger partial charge on any atom is 0.276 e. The molecule has 5 heteroatoms. The molecule has 0 aromatic heterocycles. The van der Waals surface area contributed by atoms with Crippen LogP contribution in [0.1, 0.15) is 11.1 Å². The monoisotopic (exact) mass is 338 g/mol. The van der Waals surface area contributed by atoms with E-state index in [4.69, 9.17) is 17.0 Å². The molecule has 2 aromatic rings. The van der Waals surface area contributed by atoms with Crippen LogP contribution in [0.25, 0.3) is 6.08 Å². The van der Waals surface area contributed by atoms with Crippen molar-refractivity contribution < 1.29 is 9.53 Å². The molecule has 1 heterocycles. The fourth-order valence-corrected chi connectivity index (χ4v) is 2.81. The highest BCUT2D eigenvalue weighted by atomic mass is 32.1. The first-order valence-electron chi connectivity index (χ1n) is 7.70. The van der Waals surface area contributed by atoms with Crippen molar-refractivity contribution in [1.82, 2.24) is 10.2 Å². The first-order chi connectivity index (χ1) is 11.7. The second-order valence-electron chi connectivity index (χ2n) is 5.45. The van der Waals surface area contributed by atoms with Crippen LogP contribution < -0.4 is 10.1 Å². The smallest absolute Gasteiger partial charge is 0.276 e. The summed E-state index contributed by atoms with van der Waals surface area (Å²) in [6, 6.07) is 17.5. The molecule has 1 saturated heterocycles. The molecule has 1 aliphatic rings. The second kappa shape index (κ2) is 7.27. The molecule has 0 radical (unpaired) electrons. The molecule has 0 unspecified atom stereocenters. The van der Waals surface area contributed by atoms with E-state index in [2.05, 4.69) is 5.32 Å². The van der Waals surface area contributed by atoms with Crippen LogP contribution in [0.2, 0.25) is 0 Å². The van der Waals surface area contributed by atoms with Gasteiger partial charge in [-0.3, -0.25) is 9.69 Å². The Hall–Kier alpha value is -2.66. The van der Waals surface area contributed by atoms with Crippen molar-refractivity contribution in [2.75, 3.05) is 13.7 Å². The molecule has 122 valence electrons. The molecule has 2 aromatic carbocycles. The number of ether oxygens (including phenoxy) is 1. The van der Waals surface area contributed by atoms with Gasteiger partial charge in [-0.25, -0.2) is 0 Å². The third-order valence-electron chi connectivity index (χ3n) is 3.86. The van der Waals surface area contributed by atoms with E-state index in [0.29, 0.717) is 17.4 Å². The molecule has 4 nitrogen and oxygen atoms in total. The number of rotatable bonds is 5. The van der Waals surface area contributed by atoms with Gasteiger partial charge in [-0.05, 0) is 48.0 Å². The van der Waals surface area contributed by atoms with E-state index in [9.17, 15) is 4.79 Å². The summed E-state index contributed by atoms with van der Waals surface area (Å²) < 4.78 is 5.15. The quantitative estimate of drug-likeness (QED) is 0.672. The SMILES string of the molecule is COc1ccc(CCN2C(=O)C(=Cc3ccccc3)NC2=S)cc1. The van der Waals surface area contributed by atoms with Crippen molar-refractivity contribution in [1.29, 1.82) is 0 Å². The number of hydrogen-bond acceptors (Lipinski definition) is 3.